The van der Waals surface area contributed by atoms with Crippen LogP contribution in [0, 0.1) is 6.92 Å². The predicted octanol–water partition coefficient (Wildman–Crippen LogP) is 6.74. The highest BCUT2D eigenvalue weighted by Gasteiger charge is 2.44. The van der Waals surface area contributed by atoms with Crippen LogP contribution in [0.25, 0.3) is 11.0 Å². The molecule has 7 nitrogen and oxygen atoms in total. The minimum absolute atomic E-state index is 0.00364. The van der Waals surface area contributed by atoms with Crippen LogP contribution in [0.2, 0.25) is 5.02 Å². The van der Waals surface area contributed by atoms with Gasteiger partial charge in [0.05, 0.1) is 23.8 Å². The summed E-state index contributed by atoms with van der Waals surface area (Å²) in [6.07, 6.45) is 0.723. The number of Topliss-reactive ketones (excluding diaryl/α,β-unsaturated/α-hetero) is 1. The molecule has 198 valence electrons. The number of furan rings is 1. The molecular formula is C31H26ClNO6. The first-order chi connectivity index (χ1) is 18.8. The minimum atomic E-state index is -0.851. The van der Waals surface area contributed by atoms with Gasteiger partial charge in [-0.05, 0) is 60.9 Å². The van der Waals surface area contributed by atoms with Crippen LogP contribution in [0.5, 0.6) is 0 Å². The van der Waals surface area contributed by atoms with Crippen molar-refractivity contribution in [2.45, 2.75) is 32.9 Å². The molecule has 0 fully saturated rings. The summed E-state index contributed by atoms with van der Waals surface area (Å²) < 4.78 is 11.0. The number of fused-ring (bicyclic) bond motifs is 1. The number of benzene rings is 3. The van der Waals surface area contributed by atoms with E-state index in [1.807, 2.05) is 38.1 Å². The van der Waals surface area contributed by atoms with Crippen molar-refractivity contribution in [2.24, 2.45) is 0 Å². The Kier molecular flexibility index (Phi) is 7.26. The number of esters is 1. The Morgan fingerprint density at radius 2 is 1.82 bits per heavy atom. The van der Waals surface area contributed by atoms with Crippen LogP contribution < -0.4 is 0 Å². The molecule has 0 bridgehead atoms. The number of nitrogens with zero attached hydrogens (tertiary/aromatic N) is 1. The van der Waals surface area contributed by atoms with Crippen LogP contribution in [-0.2, 0) is 16.1 Å². The number of ketones is 1. The Labute approximate surface area is 230 Å². The molecule has 0 aliphatic carbocycles. The fourth-order valence-electron chi connectivity index (χ4n) is 4.72. The van der Waals surface area contributed by atoms with E-state index >= 15 is 0 Å². The number of rotatable bonds is 8. The van der Waals surface area contributed by atoms with E-state index in [2.05, 4.69) is 0 Å². The average molecular weight is 544 g/mol. The first-order valence-electron chi connectivity index (χ1n) is 12.6. The Morgan fingerprint density at radius 3 is 2.54 bits per heavy atom. The van der Waals surface area contributed by atoms with Gasteiger partial charge in [-0.3, -0.25) is 9.59 Å². The van der Waals surface area contributed by atoms with Crippen molar-refractivity contribution in [1.82, 2.24) is 4.90 Å². The minimum Gasteiger partial charge on any atom is -0.503 e. The zero-order chi connectivity index (χ0) is 27.7. The SMILES string of the molecule is CCCOC(=O)c1ccc(CN2C(=O)C(O)=C(C(=O)c3cc4cc(Cl)ccc4o3)C2c2cccc(C)c2)cc1. The van der Waals surface area contributed by atoms with Gasteiger partial charge in [-0.1, -0.05) is 60.5 Å². The topological polar surface area (TPSA) is 97.0 Å². The smallest absolute Gasteiger partial charge is 0.338 e. The van der Waals surface area contributed by atoms with Crippen LogP contribution in [0.15, 0.2) is 88.5 Å². The molecule has 3 aromatic carbocycles. The molecule has 1 aliphatic rings. The van der Waals surface area contributed by atoms with Gasteiger partial charge in [0.1, 0.15) is 5.58 Å². The maximum Gasteiger partial charge on any atom is 0.338 e. The number of aliphatic hydroxyl groups excluding tert-OH is 1. The van der Waals surface area contributed by atoms with Crippen molar-refractivity contribution in [3.05, 3.63) is 117 Å². The molecule has 0 spiro atoms. The van der Waals surface area contributed by atoms with E-state index in [1.165, 1.54) is 4.90 Å². The highest BCUT2D eigenvalue weighted by atomic mass is 35.5. The lowest BCUT2D eigenvalue weighted by Crippen LogP contribution is -2.30. The summed E-state index contributed by atoms with van der Waals surface area (Å²) >= 11 is 6.09. The quantitative estimate of drug-likeness (QED) is 0.195. The molecule has 5 rings (SSSR count). The Bertz CT molecular complexity index is 1620. The van der Waals surface area contributed by atoms with Crippen molar-refractivity contribution in [2.75, 3.05) is 6.61 Å². The van der Waals surface area contributed by atoms with Gasteiger partial charge in [0.2, 0.25) is 5.78 Å². The number of aliphatic hydroxyl groups is 1. The number of carbonyl (C=O) groups is 3. The third-order valence-corrected chi connectivity index (χ3v) is 6.82. The highest BCUT2D eigenvalue weighted by Crippen LogP contribution is 2.41. The summed E-state index contributed by atoms with van der Waals surface area (Å²) in [6, 6.07) is 19.9. The summed E-state index contributed by atoms with van der Waals surface area (Å²) in [5.74, 6) is -2.30. The Hall–Kier alpha value is -4.36. The highest BCUT2D eigenvalue weighted by molar-refractivity contribution is 6.31. The lowest BCUT2D eigenvalue weighted by molar-refractivity contribution is -0.130. The van der Waals surface area contributed by atoms with Crippen LogP contribution in [0.1, 0.15) is 57.0 Å². The number of halogens is 1. The summed E-state index contributed by atoms with van der Waals surface area (Å²) in [5.41, 5.74) is 3.13. The number of ether oxygens (including phenoxy) is 1. The zero-order valence-electron chi connectivity index (χ0n) is 21.4. The van der Waals surface area contributed by atoms with Gasteiger partial charge < -0.3 is 19.2 Å². The first kappa shape index (κ1) is 26.3. The molecule has 2 heterocycles. The zero-order valence-corrected chi connectivity index (χ0v) is 22.2. The average Bonchev–Trinajstić information content (AvgIpc) is 3.46. The molecule has 1 aliphatic heterocycles. The number of carbonyl (C=O) groups excluding carboxylic acids is 3. The standard InChI is InChI=1S/C31H26ClNO6/c1-3-13-38-31(37)20-9-7-19(8-10-20)17-33-27(21-6-4-5-18(2)14-21)26(29(35)30(33)36)28(34)25-16-22-15-23(32)11-12-24(22)39-25/h4-12,14-16,27,35H,3,13,17H2,1-2H3. The van der Waals surface area contributed by atoms with Gasteiger partial charge in [0.15, 0.2) is 11.5 Å². The van der Waals surface area contributed by atoms with E-state index in [-0.39, 0.29) is 17.9 Å². The van der Waals surface area contributed by atoms with Crippen molar-refractivity contribution >= 4 is 40.2 Å². The second-order valence-corrected chi connectivity index (χ2v) is 9.90. The first-order valence-corrected chi connectivity index (χ1v) is 12.9. The van der Waals surface area contributed by atoms with E-state index < -0.39 is 29.5 Å². The molecule has 1 unspecified atom stereocenters. The largest absolute Gasteiger partial charge is 0.503 e. The Balaban J connectivity index is 1.50. The summed E-state index contributed by atoms with van der Waals surface area (Å²) in [4.78, 5) is 40.8. The Morgan fingerprint density at radius 1 is 1.05 bits per heavy atom. The molecule has 8 heteroatoms. The maximum atomic E-state index is 13.8. The van der Waals surface area contributed by atoms with Crippen LogP contribution in [0.4, 0.5) is 0 Å². The van der Waals surface area contributed by atoms with Crippen LogP contribution in [0.3, 0.4) is 0 Å². The molecule has 39 heavy (non-hydrogen) atoms. The number of aryl methyl sites for hydroxylation is 1. The number of amides is 1. The van der Waals surface area contributed by atoms with Crippen LogP contribution in [-0.4, -0.2) is 34.3 Å². The normalized spacial score (nSPS) is 15.3. The molecule has 1 amide bonds. The fraction of sp³-hybridized carbons (Fsp3) is 0.194. The van der Waals surface area contributed by atoms with Crippen molar-refractivity contribution < 1.29 is 28.6 Å². The maximum absolute atomic E-state index is 13.8. The van der Waals surface area contributed by atoms with E-state index in [0.29, 0.717) is 39.3 Å². The molecule has 0 saturated carbocycles. The monoisotopic (exact) mass is 543 g/mol. The van der Waals surface area contributed by atoms with Gasteiger partial charge in [-0.15, -0.1) is 0 Å². The van der Waals surface area contributed by atoms with E-state index in [9.17, 15) is 19.5 Å². The lowest BCUT2D eigenvalue weighted by atomic mass is 9.94. The third kappa shape index (κ3) is 5.18. The summed E-state index contributed by atoms with van der Waals surface area (Å²) in [7, 11) is 0. The van der Waals surface area contributed by atoms with E-state index in [0.717, 1.165) is 12.0 Å². The van der Waals surface area contributed by atoms with Crippen LogP contribution >= 0.6 is 11.6 Å². The molecule has 1 aromatic heterocycles. The fourth-order valence-corrected chi connectivity index (χ4v) is 4.90. The second kappa shape index (κ2) is 10.8. The van der Waals surface area contributed by atoms with Crippen molar-refractivity contribution in [3.63, 3.8) is 0 Å². The number of hydrogen-bond acceptors (Lipinski definition) is 6. The third-order valence-electron chi connectivity index (χ3n) is 6.59. The molecule has 4 aromatic rings. The molecule has 0 radical (unpaired) electrons. The van der Waals surface area contributed by atoms with Crippen molar-refractivity contribution in [1.29, 1.82) is 0 Å². The van der Waals surface area contributed by atoms with Gasteiger partial charge in [-0.25, -0.2) is 4.79 Å². The van der Waals surface area contributed by atoms with Gasteiger partial charge in [0, 0.05) is 17.0 Å². The van der Waals surface area contributed by atoms with Crippen molar-refractivity contribution in [3.8, 4) is 0 Å². The van der Waals surface area contributed by atoms with E-state index in [4.69, 9.17) is 20.8 Å². The summed E-state index contributed by atoms with van der Waals surface area (Å²) in [6.45, 7) is 4.26. The van der Waals surface area contributed by atoms with Gasteiger partial charge in [0.25, 0.3) is 5.91 Å². The molecule has 0 saturated heterocycles. The second-order valence-electron chi connectivity index (χ2n) is 9.47. The summed E-state index contributed by atoms with van der Waals surface area (Å²) in [5, 5.41) is 12.1. The molecule has 1 N–H and O–H groups in total. The lowest BCUT2D eigenvalue weighted by Gasteiger charge is -2.27. The van der Waals surface area contributed by atoms with E-state index in [1.54, 1.807) is 48.5 Å². The van der Waals surface area contributed by atoms with Gasteiger partial charge in [-0.2, -0.15) is 0 Å². The predicted molar refractivity (Wildman–Crippen MR) is 147 cm³/mol. The number of hydrogen-bond donors (Lipinski definition) is 1. The molecule has 1 atom stereocenters. The van der Waals surface area contributed by atoms with Gasteiger partial charge >= 0.3 is 5.97 Å². The molecular weight excluding hydrogens is 518 g/mol.